The topological polar surface area (TPSA) is 64.2 Å². The predicted molar refractivity (Wildman–Crippen MR) is 62.9 cm³/mol. The van der Waals surface area contributed by atoms with Crippen LogP contribution in [0.5, 0.6) is 0 Å². The van der Waals surface area contributed by atoms with Crippen molar-refractivity contribution in [2.75, 3.05) is 20.6 Å². The molecule has 0 bridgehead atoms. The van der Waals surface area contributed by atoms with E-state index in [1.165, 1.54) is 0 Å². The number of hydrogen-bond donors (Lipinski definition) is 1. The maximum atomic E-state index is 11.8. The van der Waals surface area contributed by atoms with Crippen molar-refractivity contribution in [2.24, 2.45) is 18.7 Å². The van der Waals surface area contributed by atoms with Crippen molar-refractivity contribution in [3.8, 4) is 0 Å². The summed E-state index contributed by atoms with van der Waals surface area (Å²) in [5.41, 5.74) is 7.70. The number of nitrogens with zero attached hydrogens (tertiary/aromatic N) is 3. The Morgan fingerprint density at radius 3 is 2.62 bits per heavy atom. The van der Waals surface area contributed by atoms with Gasteiger partial charge in [-0.15, -0.1) is 0 Å². The Morgan fingerprint density at radius 2 is 2.25 bits per heavy atom. The Labute approximate surface area is 96.2 Å². The molecule has 0 aliphatic heterocycles. The van der Waals surface area contributed by atoms with Crippen LogP contribution in [0.3, 0.4) is 0 Å². The number of aromatic nitrogens is 2. The molecule has 0 aliphatic rings. The molecule has 1 atom stereocenters. The monoisotopic (exact) mass is 224 g/mol. The van der Waals surface area contributed by atoms with Gasteiger partial charge in [0.2, 0.25) is 5.91 Å². The molecule has 0 fully saturated rings. The van der Waals surface area contributed by atoms with E-state index in [-0.39, 0.29) is 11.8 Å². The van der Waals surface area contributed by atoms with Crippen LogP contribution < -0.4 is 5.73 Å². The first kappa shape index (κ1) is 12.7. The molecule has 1 unspecified atom stereocenters. The van der Waals surface area contributed by atoms with Crippen LogP contribution in [0, 0.1) is 12.8 Å². The molecule has 5 nitrogen and oxygen atoms in total. The molecule has 1 heterocycles. The minimum Gasteiger partial charge on any atom is -0.349 e. The molecule has 90 valence electrons. The third-order valence-electron chi connectivity index (χ3n) is 2.66. The molecular weight excluding hydrogens is 204 g/mol. The Balaban J connectivity index is 2.78. The van der Waals surface area contributed by atoms with Gasteiger partial charge < -0.3 is 10.6 Å². The van der Waals surface area contributed by atoms with Crippen LogP contribution in [-0.2, 0) is 18.3 Å². The molecule has 0 aromatic carbocycles. The van der Waals surface area contributed by atoms with E-state index in [1.54, 1.807) is 23.7 Å². The highest BCUT2D eigenvalue weighted by atomic mass is 16.2. The average Bonchev–Trinajstić information content (AvgIpc) is 2.52. The van der Waals surface area contributed by atoms with Gasteiger partial charge in [-0.3, -0.25) is 9.48 Å². The smallest absolute Gasteiger partial charge is 0.226 e. The standard InChI is InChI=1S/C11H20N4O/c1-8-10(7-15(4)13-8)5-9(6-12)11(16)14(2)3/h7,9H,5-6,12H2,1-4H3. The zero-order valence-corrected chi connectivity index (χ0v) is 10.4. The van der Waals surface area contributed by atoms with Crippen LogP contribution in [-0.4, -0.2) is 41.2 Å². The first-order chi connectivity index (χ1) is 7.45. The number of nitrogens with two attached hydrogens (primary N) is 1. The minimum absolute atomic E-state index is 0.0748. The molecule has 1 aromatic heterocycles. The second kappa shape index (κ2) is 5.12. The Bertz CT molecular complexity index is 370. The van der Waals surface area contributed by atoms with Gasteiger partial charge in [-0.2, -0.15) is 5.10 Å². The summed E-state index contributed by atoms with van der Waals surface area (Å²) in [7, 11) is 5.38. The fourth-order valence-corrected chi connectivity index (χ4v) is 1.75. The van der Waals surface area contributed by atoms with E-state index in [0.717, 1.165) is 11.3 Å². The second-order valence-electron chi connectivity index (χ2n) is 4.28. The lowest BCUT2D eigenvalue weighted by atomic mass is 9.99. The summed E-state index contributed by atoms with van der Waals surface area (Å²) in [5, 5.41) is 4.25. The van der Waals surface area contributed by atoms with E-state index in [4.69, 9.17) is 5.73 Å². The highest BCUT2D eigenvalue weighted by Gasteiger charge is 2.20. The summed E-state index contributed by atoms with van der Waals surface area (Å²) >= 11 is 0. The molecule has 1 aromatic rings. The van der Waals surface area contributed by atoms with Crippen molar-refractivity contribution < 1.29 is 4.79 Å². The van der Waals surface area contributed by atoms with Gasteiger partial charge in [-0.25, -0.2) is 0 Å². The molecular formula is C11H20N4O. The van der Waals surface area contributed by atoms with Gasteiger partial charge in [0.1, 0.15) is 0 Å². The number of rotatable bonds is 4. The van der Waals surface area contributed by atoms with Crippen LogP contribution in [0.4, 0.5) is 0 Å². The van der Waals surface area contributed by atoms with Crippen LogP contribution in [0.25, 0.3) is 0 Å². The summed E-state index contributed by atoms with van der Waals surface area (Å²) in [6, 6.07) is 0. The maximum Gasteiger partial charge on any atom is 0.226 e. The van der Waals surface area contributed by atoms with Crippen LogP contribution in [0.15, 0.2) is 6.20 Å². The zero-order valence-electron chi connectivity index (χ0n) is 10.4. The molecule has 1 rings (SSSR count). The molecule has 0 radical (unpaired) electrons. The molecule has 2 N–H and O–H groups in total. The molecule has 0 aliphatic carbocycles. The summed E-state index contributed by atoms with van der Waals surface area (Å²) in [4.78, 5) is 13.4. The lowest BCUT2D eigenvalue weighted by Gasteiger charge is -2.18. The van der Waals surface area contributed by atoms with Crippen molar-refractivity contribution >= 4 is 5.91 Å². The quantitative estimate of drug-likeness (QED) is 0.779. The second-order valence-corrected chi connectivity index (χ2v) is 4.28. The number of aryl methyl sites for hydroxylation is 2. The number of amides is 1. The van der Waals surface area contributed by atoms with Crippen molar-refractivity contribution in [3.05, 3.63) is 17.5 Å². The van der Waals surface area contributed by atoms with Crippen molar-refractivity contribution in [2.45, 2.75) is 13.3 Å². The van der Waals surface area contributed by atoms with Gasteiger partial charge in [0.15, 0.2) is 0 Å². The van der Waals surface area contributed by atoms with Crippen molar-refractivity contribution in [1.82, 2.24) is 14.7 Å². The fraction of sp³-hybridized carbons (Fsp3) is 0.636. The first-order valence-electron chi connectivity index (χ1n) is 5.36. The van der Waals surface area contributed by atoms with Crippen LogP contribution >= 0.6 is 0 Å². The van der Waals surface area contributed by atoms with E-state index < -0.39 is 0 Å². The fourth-order valence-electron chi connectivity index (χ4n) is 1.75. The van der Waals surface area contributed by atoms with E-state index in [9.17, 15) is 4.79 Å². The lowest BCUT2D eigenvalue weighted by Crippen LogP contribution is -2.35. The largest absolute Gasteiger partial charge is 0.349 e. The van der Waals surface area contributed by atoms with E-state index >= 15 is 0 Å². The number of carbonyl (C=O) groups is 1. The van der Waals surface area contributed by atoms with Gasteiger partial charge in [0.25, 0.3) is 0 Å². The normalized spacial score (nSPS) is 12.6. The minimum atomic E-state index is -0.155. The molecule has 0 saturated heterocycles. The first-order valence-corrected chi connectivity index (χ1v) is 5.36. The van der Waals surface area contributed by atoms with Crippen molar-refractivity contribution in [1.29, 1.82) is 0 Å². The molecule has 0 spiro atoms. The summed E-state index contributed by atoms with van der Waals surface area (Å²) in [5.74, 6) is -0.0800. The Kier molecular flexibility index (Phi) is 4.06. The maximum absolute atomic E-state index is 11.8. The molecule has 16 heavy (non-hydrogen) atoms. The van der Waals surface area contributed by atoms with E-state index in [0.29, 0.717) is 13.0 Å². The van der Waals surface area contributed by atoms with E-state index in [1.807, 2.05) is 20.2 Å². The lowest BCUT2D eigenvalue weighted by molar-refractivity contribution is -0.132. The zero-order chi connectivity index (χ0) is 12.3. The van der Waals surface area contributed by atoms with Gasteiger partial charge in [-0.1, -0.05) is 0 Å². The third-order valence-corrected chi connectivity index (χ3v) is 2.66. The third kappa shape index (κ3) is 2.82. The van der Waals surface area contributed by atoms with Gasteiger partial charge in [-0.05, 0) is 18.9 Å². The van der Waals surface area contributed by atoms with Crippen molar-refractivity contribution in [3.63, 3.8) is 0 Å². The van der Waals surface area contributed by atoms with Crippen LogP contribution in [0.1, 0.15) is 11.3 Å². The molecule has 0 saturated carbocycles. The van der Waals surface area contributed by atoms with Gasteiger partial charge >= 0.3 is 0 Å². The van der Waals surface area contributed by atoms with Gasteiger partial charge in [0, 0.05) is 33.9 Å². The van der Waals surface area contributed by atoms with Crippen LogP contribution in [0.2, 0.25) is 0 Å². The molecule has 1 amide bonds. The summed E-state index contributed by atoms with van der Waals surface area (Å²) in [6.45, 7) is 2.31. The Morgan fingerprint density at radius 1 is 1.62 bits per heavy atom. The average molecular weight is 224 g/mol. The predicted octanol–water partition coefficient (Wildman–Crippen LogP) is -0.0659. The SMILES string of the molecule is Cc1nn(C)cc1CC(CN)C(=O)N(C)C. The van der Waals surface area contributed by atoms with Gasteiger partial charge in [0.05, 0.1) is 11.6 Å². The number of hydrogen-bond acceptors (Lipinski definition) is 3. The Hall–Kier alpha value is -1.36. The number of carbonyl (C=O) groups excluding carboxylic acids is 1. The summed E-state index contributed by atoms with van der Waals surface area (Å²) in [6.07, 6.45) is 2.61. The highest BCUT2D eigenvalue weighted by Crippen LogP contribution is 2.12. The van der Waals surface area contributed by atoms with E-state index in [2.05, 4.69) is 5.10 Å². The summed E-state index contributed by atoms with van der Waals surface area (Å²) < 4.78 is 1.76. The molecule has 5 heteroatoms. The highest BCUT2D eigenvalue weighted by molar-refractivity contribution is 5.78.